The van der Waals surface area contributed by atoms with E-state index < -0.39 is 0 Å². The molecule has 102 valence electrons. The van der Waals surface area contributed by atoms with E-state index in [0.717, 1.165) is 24.1 Å². The molecule has 0 saturated heterocycles. The summed E-state index contributed by atoms with van der Waals surface area (Å²) >= 11 is 0. The normalized spacial score (nSPS) is 14.7. The van der Waals surface area contributed by atoms with Gasteiger partial charge in [-0.05, 0) is 31.4 Å². The fraction of sp³-hybridized carbons (Fsp3) is 0.333. The van der Waals surface area contributed by atoms with Crippen LogP contribution in [0.3, 0.4) is 0 Å². The first-order valence-corrected chi connectivity index (χ1v) is 6.74. The first-order valence-electron chi connectivity index (χ1n) is 6.74. The summed E-state index contributed by atoms with van der Waals surface area (Å²) in [7, 11) is 1.87. The molecule has 2 aromatic rings. The fourth-order valence-corrected chi connectivity index (χ4v) is 2.27. The van der Waals surface area contributed by atoms with Crippen molar-refractivity contribution >= 4 is 5.91 Å². The average molecular weight is 268 g/mol. The van der Waals surface area contributed by atoms with Gasteiger partial charge >= 0.3 is 0 Å². The van der Waals surface area contributed by atoms with Gasteiger partial charge in [0.15, 0.2) is 0 Å². The average Bonchev–Trinajstić information content (AvgIpc) is 2.46. The predicted molar refractivity (Wildman–Crippen MR) is 75.0 cm³/mol. The van der Waals surface area contributed by atoms with Gasteiger partial charge in [-0.2, -0.15) is 0 Å². The number of nitrogens with zero attached hydrogens (tertiary/aromatic N) is 4. The number of carbonyl (C=O) groups is 1. The molecule has 5 heteroatoms. The Morgan fingerprint density at radius 2 is 1.95 bits per heavy atom. The summed E-state index contributed by atoms with van der Waals surface area (Å²) in [6.45, 7) is 0. The first-order chi connectivity index (χ1) is 9.75. The lowest BCUT2D eigenvalue weighted by molar-refractivity contribution is 0.0651. The number of carbonyl (C=O) groups excluding carboxylic acids is 1. The van der Waals surface area contributed by atoms with Gasteiger partial charge in [-0.1, -0.05) is 0 Å². The van der Waals surface area contributed by atoms with Crippen molar-refractivity contribution in [3.8, 4) is 11.3 Å². The Kier molecular flexibility index (Phi) is 3.41. The molecule has 5 nitrogen and oxygen atoms in total. The first kappa shape index (κ1) is 12.7. The van der Waals surface area contributed by atoms with E-state index in [0.29, 0.717) is 11.6 Å². The number of amides is 1. The van der Waals surface area contributed by atoms with Crippen LogP contribution in [0.15, 0.2) is 37.1 Å². The molecule has 2 aromatic heterocycles. The van der Waals surface area contributed by atoms with Crippen molar-refractivity contribution in [3.05, 3.63) is 42.6 Å². The minimum Gasteiger partial charge on any atom is -0.339 e. The summed E-state index contributed by atoms with van der Waals surface area (Å²) in [5.74, 6) is 0.0399. The molecule has 1 fully saturated rings. The molecule has 0 unspecified atom stereocenters. The van der Waals surface area contributed by atoms with Gasteiger partial charge < -0.3 is 4.90 Å². The van der Waals surface area contributed by atoms with E-state index in [4.69, 9.17) is 0 Å². The van der Waals surface area contributed by atoms with Gasteiger partial charge in [-0.15, -0.1) is 0 Å². The van der Waals surface area contributed by atoms with Gasteiger partial charge in [0.2, 0.25) is 0 Å². The quantitative estimate of drug-likeness (QED) is 0.856. The Balaban J connectivity index is 1.77. The third-order valence-corrected chi connectivity index (χ3v) is 3.81. The van der Waals surface area contributed by atoms with E-state index in [1.54, 1.807) is 18.6 Å². The van der Waals surface area contributed by atoms with Gasteiger partial charge in [0.05, 0.1) is 11.3 Å². The molecule has 0 aliphatic heterocycles. The van der Waals surface area contributed by atoms with Crippen LogP contribution in [-0.4, -0.2) is 38.8 Å². The second-order valence-corrected chi connectivity index (χ2v) is 5.06. The Hall–Kier alpha value is -2.30. The maximum Gasteiger partial charge on any atom is 0.255 e. The van der Waals surface area contributed by atoms with Gasteiger partial charge in [0.25, 0.3) is 5.91 Å². The van der Waals surface area contributed by atoms with Gasteiger partial charge in [0, 0.05) is 37.2 Å². The standard InChI is InChI=1S/C15H16N4O/c1-19(13-3-2-4-13)15(20)11-5-6-14(18-9-11)12-7-16-10-17-8-12/h5-10,13H,2-4H2,1H3. The Morgan fingerprint density at radius 3 is 2.50 bits per heavy atom. The Labute approximate surface area is 117 Å². The van der Waals surface area contributed by atoms with E-state index in [9.17, 15) is 4.79 Å². The number of hydrogen-bond acceptors (Lipinski definition) is 4. The maximum absolute atomic E-state index is 12.3. The van der Waals surface area contributed by atoms with Crippen LogP contribution in [0.1, 0.15) is 29.6 Å². The van der Waals surface area contributed by atoms with E-state index in [1.165, 1.54) is 12.7 Å². The van der Waals surface area contributed by atoms with Gasteiger partial charge in [0.1, 0.15) is 6.33 Å². The molecule has 2 heterocycles. The number of hydrogen-bond donors (Lipinski definition) is 0. The van der Waals surface area contributed by atoms with E-state index in [2.05, 4.69) is 15.0 Å². The Bertz CT molecular complexity index is 593. The maximum atomic E-state index is 12.3. The van der Waals surface area contributed by atoms with Crippen LogP contribution in [-0.2, 0) is 0 Å². The molecule has 0 bridgehead atoms. The summed E-state index contributed by atoms with van der Waals surface area (Å²) in [5, 5.41) is 0. The molecule has 20 heavy (non-hydrogen) atoms. The van der Waals surface area contributed by atoms with Crippen molar-refractivity contribution in [1.29, 1.82) is 0 Å². The van der Waals surface area contributed by atoms with E-state index in [-0.39, 0.29) is 5.91 Å². The summed E-state index contributed by atoms with van der Waals surface area (Å²) in [6, 6.07) is 4.04. The van der Waals surface area contributed by atoms with Crippen molar-refractivity contribution in [2.24, 2.45) is 0 Å². The molecule has 0 spiro atoms. The SMILES string of the molecule is CN(C(=O)c1ccc(-c2cncnc2)nc1)C1CCC1. The molecule has 1 aliphatic carbocycles. The zero-order chi connectivity index (χ0) is 13.9. The predicted octanol–water partition coefficient (Wildman–Crippen LogP) is 2.16. The van der Waals surface area contributed by atoms with Crippen LogP contribution in [0.2, 0.25) is 0 Å². The number of aromatic nitrogens is 3. The van der Waals surface area contributed by atoms with Crippen molar-refractivity contribution in [3.63, 3.8) is 0 Å². The summed E-state index contributed by atoms with van der Waals surface area (Å²) in [5.41, 5.74) is 2.24. The van der Waals surface area contributed by atoms with Crippen molar-refractivity contribution < 1.29 is 4.79 Å². The second kappa shape index (κ2) is 5.36. The van der Waals surface area contributed by atoms with E-state index in [1.807, 2.05) is 24.1 Å². The molecule has 1 amide bonds. The minimum absolute atomic E-state index is 0.0399. The third kappa shape index (κ3) is 2.39. The highest BCUT2D eigenvalue weighted by atomic mass is 16.2. The molecule has 0 N–H and O–H groups in total. The largest absolute Gasteiger partial charge is 0.339 e. The molecule has 3 rings (SSSR count). The highest BCUT2D eigenvalue weighted by molar-refractivity contribution is 5.94. The zero-order valence-corrected chi connectivity index (χ0v) is 11.4. The molecule has 1 aliphatic rings. The summed E-state index contributed by atoms with van der Waals surface area (Å²) in [6.07, 6.45) is 9.95. The van der Waals surface area contributed by atoms with E-state index >= 15 is 0 Å². The summed E-state index contributed by atoms with van der Waals surface area (Å²) in [4.78, 5) is 26.4. The van der Waals surface area contributed by atoms with Gasteiger partial charge in [-0.25, -0.2) is 9.97 Å². The smallest absolute Gasteiger partial charge is 0.255 e. The molecule has 0 atom stereocenters. The fourth-order valence-electron chi connectivity index (χ4n) is 2.27. The summed E-state index contributed by atoms with van der Waals surface area (Å²) < 4.78 is 0. The lowest BCUT2D eigenvalue weighted by atomic mass is 9.91. The van der Waals surface area contributed by atoms with Crippen molar-refractivity contribution in [2.45, 2.75) is 25.3 Å². The second-order valence-electron chi connectivity index (χ2n) is 5.06. The van der Waals surface area contributed by atoms with Crippen LogP contribution in [0.5, 0.6) is 0 Å². The molecule has 0 radical (unpaired) electrons. The van der Waals surface area contributed by atoms with Crippen LogP contribution in [0.4, 0.5) is 0 Å². The monoisotopic (exact) mass is 268 g/mol. The minimum atomic E-state index is 0.0399. The van der Waals surface area contributed by atoms with Gasteiger partial charge in [-0.3, -0.25) is 9.78 Å². The topological polar surface area (TPSA) is 59.0 Å². The van der Waals surface area contributed by atoms with Crippen molar-refractivity contribution in [1.82, 2.24) is 19.9 Å². The Morgan fingerprint density at radius 1 is 1.20 bits per heavy atom. The van der Waals surface area contributed by atoms with Crippen LogP contribution in [0.25, 0.3) is 11.3 Å². The molecular formula is C15H16N4O. The number of rotatable bonds is 3. The molecule has 0 aromatic carbocycles. The van der Waals surface area contributed by atoms with Crippen LogP contribution >= 0.6 is 0 Å². The van der Waals surface area contributed by atoms with Crippen LogP contribution < -0.4 is 0 Å². The van der Waals surface area contributed by atoms with Crippen molar-refractivity contribution in [2.75, 3.05) is 7.05 Å². The molecule has 1 saturated carbocycles. The number of pyridine rings is 1. The molecular weight excluding hydrogens is 252 g/mol. The van der Waals surface area contributed by atoms with Crippen LogP contribution in [0, 0.1) is 0 Å². The lowest BCUT2D eigenvalue weighted by Gasteiger charge is -2.34. The third-order valence-electron chi connectivity index (χ3n) is 3.81. The highest BCUT2D eigenvalue weighted by Gasteiger charge is 2.26. The lowest BCUT2D eigenvalue weighted by Crippen LogP contribution is -2.41. The zero-order valence-electron chi connectivity index (χ0n) is 11.4. The highest BCUT2D eigenvalue weighted by Crippen LogP contribution is 2.25.